The van der Waals surface area contributed by atoms with Crippen molar-refractivity contribution >= 4 is 5.69 Å². The second-order valence-corrected chi connectivity index (χ2v) is 6.19. The van der Waals surface area contributed by atoms with Crippen LogP contribution in [0.15, 0.2) is 24.3 Å². The first-order chi connectivity index (χ1) is 9.32. The minimum absolute atomic E-state index is 0.508. The molecule has 2 heteroatoms. The molecule has 1 aromatic rings. The molecule has 100 valence electrons. The Hall–Kier alpha value is -1.49. The topological polar surface area (TPSA) is 35.8 Å². The van der Waals surface area contributed by atoms with Crippen molar-refractivity contribution in [3.63, 3.8) is 0 Å². The van der Waals surface area contributed by atoms with Crippen LogP contribution in [0.4, 0.5) is 5.69 Å². The predicted molar refractivity (Wildman–Crippen MR) is 77.9 cm³/mol. The second kappa shape index (κ2) is 5.25. The van der Waals surface area contributed by atoms with Gasteiger partial charge in [0, 0.05) is 11.7 Å². The van der Waals surface area contributed by atoms with Crippen molar-refractivity contribution in [2.24, 2.45) is 5.41 Å². The molecule has 0 aliphatic heterocycles. The van der Waals surface area contributed by atoms with E-state index in [4.69, 9.17) is 5.26 Å². The molecule has 0 aromatic heterocycles. The van der Waals surface area contributed by atoms with Crippen molar-refractivity contribution in [2.45, 2.75) is 57.4 Å². The van der Waals surface area contributed by atoms with Gasteiger partial charge in [-0.15, -0.1) is 0 Å². The van der Waals surface area contributed by atoms with Crippen LogP contribution >= 0.6 is 0 Å². The molecular weight excluding hydrogens is 232 g/mol. The van der Waals surface area contributed by atoms with E-state index in [9.17, 15) is 0 Å². The van der Waals surface area contributed by atoms with Crippen molar-refractivity contribution < 1.29 is 0 Å². The molecule has 2 fully saturated rings. The molecule has 0 amide bonds. The van der Waals surface area contributed by atoms with Gasteiger partial charge in [-0.25, -0.2) is 0 Å². The van der Waals surface area contributed by atoms with Crippen LogP contribution in [0.1, 0.15) is 50.5 Å². The Bertz CT molecular complexity index is 463. The quantitative estimate of drug-likeness (QED) is 0.874. The molecule has 1 spiro atoms. The lowest BCUT2D eigenvalue weighted by atomic mass is 9.57. The number of hydrogen-bond donors (Lipinski definition) is 1. The number of nitriles is 1. The lowest BCUT2D eigenvalue weighted by molar-refractivity contribution is 0.0571. The maximum absolute atomic E-state index is 8.68. The fraction of sp³-hybridized carbons (Fsp3) is 0.588. The smallest absolute Gasteiger partial charge is 0.0669 e. The third kappa shape index (κ3) is 2.47. The molecule has 2 saturated carbocycles. The van der Waals surface area contributed by atoms with Gasteiger partial charge in [0.1, 0.15) is 0 Å². The molecule has 0 radical (unpaired) electrons. The summed E-state index contributed by atoms with van der Waals surface area (Å²) >= 11 is 0. The highest BCUT2D eigenvalue weighted by molar-refractivity contribution is 5.47. The minimum Gasteiger partial charge on any atom is -0.382 e. The van der Waals surface area contributed by atoms with Crippen LogP contribution < -0.4 is 5.32 Å². The summed E-state index contributed by atoms with van der Waals surface area (Å²) in [6, 6.07) is 11.3. The van der Waals surface area contributed by atoms with Gasteiger partial charge in [0.2, 0.25) is 0 Å². The number of benzene rings is 1. The van der Waals surface area contributed by atoms with Crippen molar-refractivity contribution in [1.82, 2.24) is 0 Å². The fourth-order valence-corrected chi connectivity index (χ4v) is 3.79. The third-order valence-electron chi connectivity index (χ3n) is 5.10. The number of hydrogen-bond acceptors (Lipinski definition) is 2. The van der Waals surface area contributed by atoms with Gasteiger partial charge >= 0.3 is 0 Å². The van der Waals surface area contributed by atoms with Gasteiger partial charge in [-0.1, -0.05) is 31.4 Å². The molecular formula is C17H22N2. The minimum atomic E-state index is 0.508. The highest BCUT2D eigenvalue weighted by atomic mass is 15.0. The third-order valence-corrected chi connectivity index (χ3v) is 5.10. The van der Waals surface area contributed by atoms with E-state index in [0.717, 1.165) is 5.56 Å². The summed E-state index contributed by atoms with van der Waals surface area (Å²) in [5.41, 5.74) is 2.93. The van der Waals surface area contributed by atoms with Crippen molar-refractivity contribution in [3.8, 4) is 6.07 Å². The van der Waals surface area contributed by atoms with Crippen LogP contribution in [-0.2, 0) is 6.42 Å². The van der Waals surface area contributed by atoms with Crippen molar-refractivity contribution in [1.29, 1.82) is 5.26 Å². The first kappa shape index (κ1) is 12.5. The molecule has 1 unspecified atom stereocenters. The van der Waals surface area contributed by atoms with Crippen LogP contribution in [-0.4, -0.2) is 6.04 Å². The normalized spacial score (nSPS) is 24.5. The summed E-state index contributed by atoms with van der Waals surface area (Å²) in [6.07, 6.45) is 10.3. The molecule has 19 heavy (non-hydrogen) atoms. The van der Waals surface area contributed by atoms with Crippen LogP contribution in [0.2, 0.25) is 0 Å². The van der Waals surface area contributed by atoms with Gasteiger partial charge in [0.15, 0.2) is 0 Å². The molecule has 1 aromatic carbocycles. The Morgan fingerprint density at radius 3 is 2.42 bits per heavy atom. The van der Waals surface area contributed by atoms with E-state index < -0.39 is 0 Å². The maximum atomic E-state index is 8.68. The Labute approximate surface area is 115 Å². The highest BCUT2D eigenvalue weighted by Crippen LogP contribution is 2.52. The summed E-state index contributed by atoms with van der Waals surface area (Å²) < 4.78 is 0. The molecule has 0 saturated heterocycles. The molecule has 2 aliphatic carbocycles. The predicted octanol–water partition coefficient (Wildman–Crippen LogP) is 4.28. The van der Waals surface area contributed by atoms with E-state index >= 15 is 0 Å². The number of nitrogens with one attached hydrogen (secondary N) is 1. The molecule has 0 bridgehead atoms. The number of nitrogens with zero attached hydrogens (tertiary/aromatic N) is 1. The highest BCUT2D eigenvalue weighted by Gasteiger charge is 2.46. The molecule has 2 nitrogen and oxygen atoms in total. The maximum Gasteiger partial charge on any atom is 0.0669 e. The van der Waals surface area contributed by atoms with Gasteiger partial charge < -0.3 is 5.32 Å². The van der Waals surface area contributed by atoms with Crippen LogP contribution in [0.25, 0.3) is 0 Å². The molecule has 3 rings (SSSR count). The van der Waals surface area contributed by atoms with Gasteiger partial charge in [-0.3, -0.25) is 0 Å². The summed E-state index contributed by atoms with van der Waals surface area (Å²) in [5.74, 6) is 0. The lowest BCUT2D eigenvalue weighted by Gasteiger charge is -2.52. The second-order valence-electron chi connectivity index (χ2n) is 6.19. The summed E-state index contributed by atoms with van der Waals surface area (Å²) in [5, 5.41) is 12.4. The van der Waals surface area contributed by atoms with Crippen LogP contribution in [0.5, 0.6) is 0 Å². The Kier molecular flexibility index (Phi) is 3.46. The zero-order valence-electron chi connectivity index (χ0n) is 11.5. The van der Waals surface area contributed by atoms with E-state index in [2.05, 4.69) is 35.7 Å². The fourth-order valence-electron chi connectivity index (χ4n) is 3.79. The van der Waals surface area contributed by atoms with E-state index in [-0.39, 0.29) is 0 Å². The molecule has 0 heterocycles. The Balaban J connectivity index is 1.63. The SMILES string of the molecule is N#CCc1ccc(NC2CCC23CCCCC3)cc1. The first-order valence-electron chi connectivity index (χ1n) is 7.55. The van der Waals surface area contributed by atoms with Crippen LogP contribution in [0, 0.1) is 16.7 Å². The van der Waals surface area contributed by atoms with E-state index in [1.54, 1.807) is 0 Å². The number of rotatable bonds is 3. The average molecular weight is 254 g/mol. The van der Waals surface area contributed by atoms with E-state index in [0.29, 0.717) is 17.9 Å². The molecule has 1 atom stereocenters. The van der Waals surface area contributed by atoms with E-state index in [1.807, 2.05) is 0 Å². The lowest BCUT2D eigenvalue weighted by Crippen LogP contribution is -2.50. The van der Waals surface area contributed by atoms with E-state index in [1.165, 1.54) is 50.6 Å². The summed E-state index contributed by atoms with van der Waals surface area (Å²) in [4.78, 5) is 0. The van der Waals surface area contributed by atoms with Crippen molar-refractivity contribution in [3.05, 3.63) is 29.8 Å². The number of anilines is 1. The zero-order chi connectivity index (χ0) is 13.1. The standard InChI is InChI=1S/C17H22N2/c18-13-9-14-4-6-15(7-5-14)19-16-8-12-17(16)10-2-1-3-11-17/h4-7,16,19H,1-3,8-12H2. The van der Waals surface area contributed by atoms with Gasteiger partial charge in [-0.2, -0.15) is 5.26 Å². The van der Waals surface area contributed by atoms with Gasteiger partial charge in [0.05, 0.1) is 12.5 Å². The average Bonchev–Trinajstić information content (AvgIpc) is 2.46. The Morgan fingerprint density at radius 1 is 1.11 bits per heavy atom. The van der Waals surface area contributed by atoms with Crippen molar-refractivity contribution in [2.75, 3.05) is 5.32 Å². The monoisotopic (exact) mass is 254 g/mol. The largest absolute Gasteiger partial charge is 0.382 e. The summed E-state index contributed by atoms with van der Waals surface area (Å²) in [7, 11) is 0. The molecule has 1 N–H and O–H groups in total. The van der Waals surface area contributed by atoms with Crippen LogP contribution in [0.3, 0.4) is 0 Å². The van der Waals surface area contributed by atoms with Gasteiger partial charge in [0.25, 0.3) is 0 Å². The zero-order valence-corrected chi connectivity index (χ0v) is 11.5. The molecule has 2 aliphatic rings. The van der Waals surface area contributed by atoms with Gasteiger partial charge in [-0.05, 0) is 48.8 Å². The summed E-state index contributed by atoms with van der Waals surface area (Å²) in [6.45, 7) is 0. The Morgan fingerprint density at radius 2 is 1.84 bits per heavy atom. The first-order valence-corrected chi connectivity index (χ1v) is 7.55.